The second-order valence-electron chi connectivity index (χ2n) is 4.25. The van der Waals surface area contributed by atoms with Crippen LogP contribution in [0.5, 0.6) is 0 Å². The van der Waals surface area contributed by atoms with Crippen LogP contribution in [-0.2, 0) is 4.79 Å². The molecule has 0 radical (unpaired) electrons. The maximum Gasteiger partial charge on any atom is 0.252 e. The van der Waals surface area contributed by atoms with Gasteiger partial charge in [0.1, 0.15) is 3.74 Å². The molecule has 0 unspecified atom stereocenters. The van der Waals surface area contributed by atoms with Gasteiger partial charge in [-0.2, -0.15) is 0 Å². The molecule has 1 aromatic rings. The molecule has 0 saturated heterocycles. The first-order valence-electron chi connectivity index (χ1n) is 5.14. The molecule has 0 heterocycles. The molecule has 6 heteroatoms. The summed E-state index contributed by atoms with van der Waals surface area (Å²) < 4.78 is 0.334. The van der Waals surface area contributed by atoms with Crippen molar-refractivity contribution in [3.05, 3.63) is 34.3 Å². The van der Waals surface area contributed by atoms with Crippen LogP contribution in [0.3, 0.4) is 0 Å². The highest BCUT2D eigenvalue weighted by molar-refractivity contribution is 9.25. The molecule has 0 aliphatic rings. The Morgan fingerprint density at radius 3 is 2.39 bits per heavy atom. The standard InChI is InChI=1S/C12H12Br3NO2/c1-12(2,9(17)10(14)15)16-11(18)7-4-3-5-8(13)6-7/h3-6,10H,1-2H3,(H,16,18). The van der Waals surface area contributed by atoms with Gasteiger partial charge in [0.2, 0.25) is 0 Å². The fraction of sp³-hybridized carbons (Fsp3) is 0.333. The van der Waals surface area contributed by atoms with Gasteiger partial charge in [-0.1, -0.05) is 53.9 Å². The number of benzene rings is 1. The van der Waals surface area contributed by atoms with Crippen LogP contribution in [0, 0.1) is 0 Å². The molecule has 18 heavy (non-hydrogen) atoms. The zero-order valence-corrected chi connectivity index (χ0v) is 14.6. The number of hydrogen-bond donors (Lipinski definition) is 1. The van der Waals surface area contributed by atoms with Crippen molar-refractivity contribution < 1.29 is 9.59 Å². The number of carbonyl (C=O) groups is 2. The smallest absolute Gasteiger partial charge is 0.252 e. The van der Waals surface area contributed by atoms with Gasteiger partial charge in [-0.3, -0.25) is 9.59 Å². The molecule has 0 spiro atoms. The molecule has 1 aromatic carbocycles. The van der Waals surface area contributed by atoms with Crippen molar-refractivity contribution >= 4 is 59.5 Å². The van der Waals surface area contributed by atoms with E-state index in [1.54, 1.807) is 32.0 Å². The minimum Gasteiger partial charge on any atom is -0.340 e. The number of Topliss-reactive ketones (excluding diaryl/α,β-unsaturated/α-hetero) is 1. The summed E-state index contributed by atoms with van der Waals surface area (Å²) in [5, 5.41) is 2.71. The Balaban J connectivity index is 2.85. The van der Waals surface area contributed by atoms with Crippen molar-refractivity contribution in [3.8, 4) is 0 Å². The first-order valence-corrected chi connectivity index (χ1v) is 7.77. The van der Waals surface area contributed by atoms with Gasteiger partial charge in [0.05, 0.1) is 5.54 Å². The summed E-state index contributed by atoms with van der Waals surface area (Å²) in [6, 6.07) is 7.00. The molecular formula is C12H12Br3NO2. The number of rotatable bonds is 4. The summed E-state index contributed by atoms with van der Waals surface area (Å²) in [4.78, 5) is 23.9. The van der Waals surface area contributed by atoms with Crippen molar-refractivity contribution in [1.29, 1.82) is 0 Å². The number of amides is 1. The summed E-state index contributed by atoms with van der Waals surface area (Å²) in [6.45, 7) is 3.33. The van der Waals surface area contributed by atoms with Crippen LogP contribution < -0.4 is 5.32 Å². The molecule has 3 nitrogen and oxygen atoms in total. The first-order chi connectivity index (χ1) is 8.24. The molecule has 1 N–H and O–H groups in total. The topological polar surface area (TPSA) is 46.2 Å². The normalized spacial score (nSPS) is 11.4. The predicted octanol–water partition coefficient (Wildman–Crippen LogP) is 3.64. The molecule has 1 rings (SSSR count). The molecule has 0 saturated carbocycles. The van der Waals surface area contributed by atoms with Gasteiger partial charge in [-0.15, -0.1) is 0 Å². The number of carbonyl (C=O) groups excluding carboxylic acids is 2. The van der Waals surface area contributed by atoms with Crippen LogP contribution in [0.2, 0.25) is 0 Å². The number of hydrogen-bond acceptors (Lipinski definition) is 2. The van der Waals surface area contributed by atoms with Crippen LogP contribution >= 0.6 is 47.8 Å². The minimum absolute atomic E-state index is 0.147. The van der Waals surface area contributed by atoms with E-state index >= 15 is 0 Å². The highest BCUT2D eigenvalue weighted by atomic mass is 79.9. The van der Waals surface area contributed by atoms with Gasteiger partial charge in [-0.05, 0) is 32.0 Å². The van der Waals surface area contributed by atoms with Crippen LogP contribution in [0.1, 0.15) is 24.2 Å². The highest BCUT2D eigenvalue weighted by Crippen LogP contribution is 2.19. The zero-order chi connectivity index (χ0) is 13.9. The number of ketones is 1. The molecule has 0 aromatic heterocycles. The Morgan fingerprint density at radius 1 is 1.28 bits per heavy atom. The van der Waals surface area contributed by atoms with Gasteiger partial charge < -0.3 is 5.32 Å². The van der Waals surface area contributed by atoms with E-state index in [1.165, 1.54) is 0 Å². The van der Waals surface area contributed by atoms with Crippen molar-refractivity contribution in [2.75, 3.05) is 0 Å². The summed E-state index contributed by atoms with van der Waals surface area (Å²) in [7, 11) is 0. The maximum atomic E-state index is 12.0. The molecule has 0 fully saturated rings. The summed E-state index contributed by atoms with van der Waals surface area (Å²) >= 11 is 9.58. The Labute approximate surface area is 131 Å². The van der Waals surface area contributed by atoms with Crippen molar-refractivity contribution in [3.63, 3.8) is 0 Å². The molecule has 0 aliphatic carbocycles. The van der Waals surface area contributed by atoms with Crippen LogP contribution in [0.15, 0.2) is 28.7 Å². The molecule has 98 valence electrons. The molecule has 0 bridgehead atoms. The number of alkyl halides is 2. The lowest BCUT2D eigenvalue weighted by Crippen LogP contribution is -2.51. The van der Waals surface area contributed by atoms with Crippen LogP contribution in [-0.4, -0.2) is 21.0 Å². The quantitative estimate of drug-likeness (QED) is 0.725. The summed E-state index contributed by atoms with van der Waals surface area (Å²) in [6.07, 6.45) is 0. The molecule has 0 atom stereocenters. The SMILES string of the molecule is CC(C)(NC(=O)c1cccc(Br)c1)C(=O)C(Br)Br. The van der Waals surface area contributed by atoms with E-state index in [0.717, 1.165) is 4.47 Å². The van der Waals surface area contributed by atoms with Crippen molar-refractivity contribution in [1.82, 2.24) is 5.32 Å². The van der Waals surface area contributed by atoms with E-state index in [-0.39, 0.29) is 11.7 Å². The molecule has 0 aliphatic heterocycles. The Morgan fingerprint density at radius 2 is 1.89 bits per heavy atom. The lowest BCUT2D eigenvalue weighted by Gasteiger charge is -2.25. The lowest BCUT2D eigenvalue weighted by molar-refractivity contribution is -0.121. The minimum atomic E-state index is -0.947. The largest absolute Gasteiger partial charge is 0.340 e. The second kappa shape index (κ2) is 6.30. The summed E-state index contributed by atoms with van der Waals surface area (Å²) in [5.41, 5.74) is -0.442. The van der Waals surface area contributed by atoms with E-state index in [0.29, 0.717) is 5.56 Å². The van der Waals surface area contributed by atoms with Crippen LogP contribution in [0.25, 0.3) is 0 Å². The third-order valence-electron chi connectivity index (χ3n) is 2.33. The molecule has 1 amide bonds. The van der Waals surface area contributed by atoms with Crippen LogP contribution in [0.4, 0.5) is 0 Å². The number of nitrogens with one attached hydrogen (secondary N) is 1. The third-order valence-corrected chi connectivity index (χ3v) is 3.65. The average Bonchev–Trinajstić information content (AvgIpc) is 2.27. The van der Waals surface area contributed by atoms with E-state index < -0.39 is 9.28 Å². The van der Waals surface area contributed by atoms with Gasteiger partial charge in [-0.25, -0.2) is 0 Å². The van der Waals surface area contributed by atoms with Crippen molar-refractivity contribution in [2.24, 2.45) is 0 Å². The predicted molar refractivity (Wildman–Crippen MR) is 82.3 cm³/mol. The second-order valence-corrected chi connectivity index (χ2v) is 8.23. The van der Waals surface area contributed by atoms with Gasteiger partial charge in [0.25, 0.3) is 5.91 Å². The zero-order valence-electron chi connectivity index (χ0n) is 9.84. The fourth-order valence-electron chi connectivity index (χ4n) is 1.32. The Hall–Kier alpha value is -0.200. The van der Waals surface area contributed by atoms with E-state index in [1.807, 2.05) is 6.07 Å². The van der Waals surface area contributed by atoms with E-state index in [4.69, 9.17) is 0 Å². The monoisotopic (exact) mass is 439 g/mol. The highest BCUT2D eigenvalue weighted by Gasteiger charge is 2.32. The third kappa shape index (κ3) is 4.17. The van der Waals surface area contributed by atoms with Gasteiger partial charge in [0, 0.05) is 10.0 Å². The Bertz CT molecular complexity index is 472. The Kier molecular flexibility index (Phi) is 5.55. The maximum absolute atomic E-state index is 12.0. The fourth-order valence-corrected chi connectivity index (χ4v) is 2.86. The molecular weight excluding hydrogens is 430 g/mol. The van der Waals surface area contributed by atoms with E-state index in [9.17, 15) is 9.59 Å². The van der Waals surface area contributed by atoms with E-state index in [2.05, 4.69) is 53.1 Å². The number of halogens is 3. The average molecular weight is 442 g/mol. The van der Waals surface area contributed by atoms with Gasteiger partial charge in [0.15, 0.2) is 5.78 Å². The lowest BCUT2D eigenvalue weighted by atomic mass is 10.00. The summed E-state index contributed by atoms with van der Waals surface area (Å²) in [5.74, 6) is -0.429. The first kappa shape index (κ1) is 15.9. The van der Waals surface area contributed by atoms with Crippen molar-refractivity contribution in [2.45, 2.75) is 23.1 Å². The van der Waals surface area contributed by atoms with Gasteiger partial charge >= 0.3 is 0 Å².